The molecule has 4 aromatic rings. The molecule has 0 atom stereocenters. The molecule has 4 aromatic carbocycles. The summed E-state index contributed by atoms with van der Waals surface area (Å²) in [6, 6.07) is 33.6. The van der Waals surface area contributed by atoms with Crippen molar-refractivity contribution in [2.75, 3.05) is 5.88 Å². The zero-order chi connectivity index (χ0) is 24.9. The summed E-state index contributed by atoms with van der Waals surface area (Å²) >= 11 is 5.65. The summed E-state index contributed by atoms with van der Waals surface area (Å²) in [5.74, 6) is -0.149. The molecule has 0 unspecified atom stereocenters. The number of fused-ring (bicyclic) bond motifs is 4. The second-order valence-corrected chi connectivity index (χ2v) is 9.67. The van der Waals surface area contributed by atoms with Gasteiger partial charge < -0.3 is 11.1 Å². The molecule has 2 aliphatic rings. The fourth-order valence-electron chi connectivity index (χ4n) is 5.45. The number of rotatable bonds is 2. The van der Waals surface area contributed by atoms with E-state index in [1.54, 1.807) is 0 Å². The third kappa shape index (κ3) is 5.09. The third-order valence-corrected chi connectivity index (χ3v) is 7.51. The lowest BCUT2D eigenvalue weighted by Crippen LogP contribution is -2.30. The molecule has 0 heterocycles. The van der Waals surface area contributed by atoms with Crippen LogP contribution in [0.3, 0.4) is 0 Å². The van der Waals surface area contributed by atoms with Gasteiger partial charge in [-0.25, -0.2) is 0 Å². The van der Waals surface area contributed by atoms with Crippen molar-refractivity contribution in [1.29, 1.82) is 0 Å². The van der Waals surface area contributed by atoms with Crippen LogP contribution >= 0.6 is 11.6 Å². The first-order chi connectivity index (χ1) is 17.7. The summed E-state index contributed by atoms with van der Waals surface area (Å²) in [5, 5.41) is 3.05. The van der Waals surface area contributed by atoms with Crippen molar-refractivity contribution in [1.82, 2.24) is 5.32 Å². The molecule has 0 saturated heterocycles. The number of benzene rings is 4. The van der Waals surface area contributed by atoms with Crippen LogP contribution in [0.2, 0.25) is 0 Å². The molecular weight excluding hydrogens is 464 g/mol. The first-order valence-electron chi connectivity index (χ1n) is 12.6. The Labute approximate surface area is 218 Å². The highest BCUT2D eigenvalue weighted by Crippen LogP contribution is 2.33. The van der Waals surface area contributed by atoms with Gasteiger partial charge in [-0.15, -0.1) is 11.6 Å². The fourth-order valence-corrected chi connectivity index (χ4v) is 5.52. The number of nitrogens with two attached hydrogens (primary N) is 1. The van der Waals surface area contributed by atoms with Gasteiger partial charge >= 0.3 is 0 Å². The molecule has 36 heavy (non-hydrogen) atoms. The van der Waals surface area contributed by atoms with Crippen molar-refractivity contribution in [2.45, 2.75) is 37.8 Å². The Hall–Kier alpha value is -3.40. The molecule has 3 N–H and O–H groups in total. The molecule has 0 spiro atoms. The van der Waals surface area contributed by atoms with Crippen molar-refractivity contribution in [3.05, 3.63) is 142 Å². The number of carbonyl (C=O) groups is 1. The van der Waals surface area contributed by atoms with Gasteiger partial charge in [-0.2, -0.15) is 0 Å². The normalized spacial score (nSPS) is 14.5. The second kappa shape index (κ2) is 11.1. The molecule has 3 nitrogen and oxygen atoms in total. The number of carbonyl (C=O) groups excluding carboxylic acids is 1. The zero-order valence-electron chi connectivity index (χ0n) is 20.3. The molecule has 1 amide bonds. The van der Waals surface area contributed by atoms with Crippen molar-refractivity contribution in [3.8, 4) is 0 Å². The van der Waals surface area contributed by atoms with E-state index in [0.717, 1.165) is 25.7 Å². The number of halogens is 1. The molecule has 4 heteroatoms. The summed E-state index contributed by atoms with van der Waals surface area (Å²) in [6.07, 6.45) is 4.20. The summed E-state index contributed by atoms with van der Waals surface area (Å²) < 4.78 is 0. The van der Waals surface area contributed by atoms with Gasteiger partial charge in [-0.05, 0) is 70.2 Å². The van der Waals surface area contributed by atoms with Crippen molar-refractivity contribution in [2.24, 2.45) is 5.73 Å². The average Bonchev–Trinajstić information content (AvgIpc) is 3.18. The second-order valence-electron chi connectivity index (χ2n) is 9.41. The molecule has 0 fully saturated rings. The lowest BCUT2D eigenvalue weighted by Gasteiger charge is -2.21. The van der Waals surface area contributed by atoms with Crippen LogP contribution in [0.1, 0.15) is 56.6 Å². The summed E-state index contributed by atoms with van der Waals surface area (Å²) in [5.41, 5.74) is 16.7. The van der Waals surface area contributed by atoms with Gasteiger partial charge in [0.25, 0.3) is 0 Å². The monoisotopic (exact) mass is 494 g/mol. The average molecular weight is 495 g/mol. The highest BCUT2D eigenvalue weighted by atomic mass is 35.5. The Morgan fingerprint density at radius 1 is 0.639 bits per heavy atom. The minimum absolute atomic E-state index is 0.0131. The van der Waals surface area contributed by atoms with Crippen LogP contribution in [0.5, 0.6) is 0 Å². The molecule has 0 saturated carbocycles. The molecule has 6 rings (SSSR count). The largest absolute Gasteiger partial charge is 0.344 e. The van der Waals surface area contributed by atoms with Gasteiger partial charge in [-0.1, -0.05) is 97.1 Å². The minimum Gasteiger partial charge on any atom is -0.344 e. The smallest absolute Gasteiger partial charge is 0.235 e. The van der Waals surface area contributed by atoms with Crippen LogP contribution in [0, 0.1) is 0 Å². The van der Waals surface area contributed by atoms with Crippen molar-refractivity contribution in [3.63, 3.8) is 0 Å². The maximum atomic E-state index is 11.8. The Balaban J connectivity index is 0.000000152. The Morgan fingerprint density at radius 2 is 0.972 bits per heavy atom. The predicted octanol–water partition coefficient (Wildman–Crippen LogP) is 6.06. The zero-order valence-corrected chi connectivity index (χ0v) is 21.0. The number of nitrogens with one attached hydrogen (secondary N) is 1. The molecule has 0 radical (unpaired) electrons. The van der Waals surface area contributed by atoms with Crippen LogP contribution in [0.15, 0.2) is 97.1 Å². The van der Waals surface area contributed by atoms with E-state index >= 15 is 0 Å². The molecule has 0 bridgehead atoms. The van der Waals surface area contributed by atoms with Gasteiger partial charge in [0.1, 0.15) is 5.88 Å². The Morgan fingerprint density at radius 3 is 1.36 bits per heavy atom. The predicted molar refractivity (Wildman–Crippen MR) is 147 cm³/mol. The van der Waals surface area contributed by atoms with Gasteiger partial charge in [0.15, 0.2) is 0 Å². The third-order valence-electron chi connectivity index (χ3n) is 7.27. The number of hydrogen-bond acceptors (Lipinski definition) is 2. The highest BCUT2D eigenvalue weighted by molar-refractivity contribution is 6.27. The maximum Gasteiger partial charge on any atom is 0.235 e. The number of amides is 1. The maximum absolute atomic E-state index is 11.8. The number of alkyl halides is 1. The first-order valence-corrected chi connectivity index (χ1v) is 13.1. The van der Waals surface area contributed by atoms with Gasteiger partial charge in [0.2, 0.25) is 5.91 Å². The van der Waals surface area contributed by atoms with Crippen molar-refractivity contribution >= 4 is 17.5 Å². The van der Waals surface area contributed by atoms with E-state index in [0.29, 0.717) is 0 Å². The quantitative estimate of drug-likeness (QED) is 0.333. The van der Waals surface area contributed by atoms with Gasteiger partial charge in [0, 0.05) is 0 Å². The van der Waals surface area contributed by atoms with Crippen LogP contribution in [-0.2, 0) is 30.5 Å². The van der Waals surface area contributed by atoms with E-state index in [9.17, 15) is 4.79 Å². The molecular formula is C32H31ClN2O. The van der Waals surface area contributed by atoms with Crippen LogP contribution in [0.4, 0.5) is 0 Å². The van der Waals surface area contributed by atoms with Crippen LogP contribution in [0.25, 0.3) is 0 Å². The number of aryl methyl sites for hydroxylation is 4. The van der Waals surface area contributed by atoms with E-state index in [1.807, 2.05) is 12.1 Å². The van der Waals surface area contributed by atoms with Gasteiger partial charge in [0.05, 0.1) is 12.1 Å². The van der Waals surface area contributed by atoms with Crippen LogP contribution < -0.4 is 11.1 Å². The molecule has 182 valence electrons. The van der Waals surface area contributed by atoms with E-state index < -0.39 is 0 Å². The Bertz CT molecular complexity index is 1270. The molecule has 0 aliphatic heterocycles. The van der Waals surface area contributed by atoms with E-state index in [1.165, 1.54) is 44.5 Å². The van der Waals surface area contributed by atoms with E-state index in [-0.39, 0.29) is 23.9 Å². The topological polar surface area (TPSA) is 55.1 Å². The molecule has 2 aliphatic carbocycles. The minimum atomic E-state index is -0.136. The van der Waals surface area contributed by atoms with Crippen molar-refractivity contribution < 1.29 is 4.79 Å². The summed E-state index contributed by atoms with van der Waals surface area (Å²) in [7, 11) is 0. The highest BCUT2D eigenvalue weighted by Gasteiger charge is 2.24. The Kier molecular flexibility index (Phi) is 7.50. The first kappa shape index (κ1) is 24.3. The standard InChI is InChI=1S/C17H16ClNO.C15H15N/c18-11-16(20)19-17-14-7-3-1-5-12(14)9-10-13-6-2-4-8-15(13)17;16-15-13-7-3-1-5-11(13)9-10-12-6-2-4-8-14(12)15/h1-8,17H,9-11H2,(H,19,20);1-8,15H,9-10,16H2. The van der Waals surface area contributed by atoms with Crippen LogP contribution in [-0.4, -0.2) is 11.8 Å². The fraction of sp³-hybridized carbons (Fsp3) is 0.219. The number of hydrogen-bond donors (Lipinski definition) is 2. The van der Waals surface area contributed by atoms with E-state index in [2.05, 4.69) is 90.2 Å². The summed E-state index contributed by atoms with van der Waals surface area (Å²) in [6.45, 7) is 0. The molecule has 0 aromatic heterocycles. The summed E-state index contributed by atoms with van der Waals surface area (Å²) in [4.78, 5) is 11.8. The lowest BCUT2D eigenvalue weighted by atomic mass is 9.94. The SMILES string of the molecule is NC1c2ccccc2CCc2ccccc21.O=C(CCl)NC1c2ccccc2CCc2ccccc21. The lowest BCUT2D eigenvalue weighted by molar-refractivity contribution is -0.119. The van der Waals surface area contributed by atoms with E-state index in [4.69, 9.17) is 17.3 Å². The van der Waals surface area contributed by atoms with Gasteiger partial charge in [-0.3, -0.25) is 4.79 Å².